The quantitative estimate of drug-likeness (QED) is 0.711. The Hall–Kier alpha value is -2.52. The Bertz CT molecular complexity index is 1060. The molecule has 0 saturated carbocycles. The molecule has 2 aliphatic heterocycles. The molecule has 1 atom stereocenters. The lowest BCUT2D eigenvalue weighted by Crippen LogP contribution is -2.31. The summed E-state index contributed by atoms with van der Waals surface area (Å²) in [6, 6.07) is 2.17. The zero-order valence-corrected chi connectivity index (χ0v) is 17.6. The predicted octanol–water partition coefficient (Wildman–Crippen LogP) is 2.56. The molecule has 1 spiro atoms. The predicted molar refractivity (Wildman–Crippen MR) is 113 cm³/mol. The number of imidazole rings is 1. The maximum Gasteiger partial charge on any atom is 0.235 e. The van der Waals surface area contributed by atoms with Crippen molar-refractivity contribution in [3.05, 3.63) is 35.2 Å². The van der Waals surface area contributed by atoms with Crippen LogP contribution in [-0.2, 0) is 11.3 Å². The minimum atomic E-state index is -0.0746. The number of carbonyl (C=O) groups excluding carboxylic acids is 1. The van der Waals surface area contributed by atoms with Gasteiger partial charge in [0, 0.05) is 73.7 Å². The minimum Gasteiger partial charge on any atom is -0.356 e. The Morgan fingerprint density at radius 2 is 2.14 bits per heavy atom. The first-order valence-electron chi connectivity index (χ1n) is 10.0. The van der Waals surface area contributed by atoms with Crippen molar-refractivity contribution in [3.63, 3.8) is 0 Å². The van der Waals surface area contributed by atoms with Gasteiger partial charge in [-0.15, -0.1) is 11.3 Å². The molecule has 0 aliphatic carbocycles. The van der Waals surface area contributed by atoms with E-state index in [1.165, 1.54) is 24.6 Å². The highest BCUT2D eigenvalue weighted by Crippen LogP contribution is 2.41. The average molecular weight is 412 g/mol. The van der Waals surface area contributed by atoms with E-state index in [0.29, 0.717) is 10.5 Å². The van der Waals surface area contributed by atoms with E-state index in [4.69, 9.17) is 4.98 Å². The molecule has 1 amide bonds. The molecule has 9 heteroatoms. The molecule has 8 nitrogen and oxygen atoms in total. The molecule has 0 aromatic carbocycles. The summed E-state index contributed by atoms with van der Waals surface area (Å²) in [5.74, 6) is 1.74. The Labute approximate surface area is 173 Å². The molecule has 5 rings (SSSR count). The summed E-state index contributed by atoms with van der Waals surface area (Å²) in [6.07, 6.45) is 8.05. The molecule has 2 fully saturated rings. The van der Waals surface area contributed by atoms with Crippen LogP contribution in [0.3, 0.4) is 0 Å². The van der Waals surface area contributed by atoms with Crippen molar-refractivity contribution in [1.82, 2.24) is 24.3 Å². The Kier molecular flexibility index (Phi) is 4.51. The fourth-order valence-corrected chi connectivity index (χ4v) is 5.54. The third-order valence-corrected chi connectivity index (χ3v) is 6.95. The standard InChI is InChI=1S/C20H25N7OS/c1-14-9-17(24-18-21-5-8-27(14)18)26-7-4-20(13-26)3-6-25(12-20)11-16-10-22-19(29-16)23-15(2)28/h5,8-10H,3-4,6-7,11-13H2,1-2H3,(H,22,23,28)/t20-/m0/s1. The summed E-state index contributed by atoms with van der Waals surface area (Å²) >= 11 is 1.57. The van der Waals surface area contributed by atoms with Crippen molar-refractivity contribution in [3.8, 4) is 0 Å². The molecule has 5 heterocycles. The van der Waals surface area contributed by atoms with Gasteiger partial charge < -0.3 is 10.2 Å². The van der Waals surface area contributed by atoms with Crippen LogP contribution in [0.1, 0.15) is 30.3 Å². The van der Waals surface area contributed by atoms with Crippen molar-refractivity contribution in [1.29, 1.82) is 0 Å². The first-order valence-corrected chi connectivity index (χ1v) is 10.8. The molecule has 152 valence electrons. The number of nitrogens with one attached hydrogen (secondary N) is 1. The molecule has 0 bridgehead atoms. The molecule has 29 heavy (non-hydrogen) atoms. The van der Waals surface area contributed by atoms with Gasteiger partial charge in [0.1, 0.15) is 5.82 Å². The van der Waals surface area contributed by atoms with Gasteiger partial charge in [0.2, 0.25) is 11.7 Å². The molecule has 2 aliphatic rings. The summed E-state index contributed by atoms with van der Waals surface area (Å²) in [5, 5.41) is 3.45. The monoisotopic (exact) mass is 411 g/mol. The van der Waals surface area contributed by atoms with Gasteiger partial charge >= 0.3 is 0 Å². The Balaban J connectivity index is 1.24. The lowest BCUT2D eigenvalue weighted by Gasteiger charge is -2.25. The van der Waals surface area contributed by atoms with Crippen LogP contribution in [0.4, 0.5) is 10.9 Å². The van der Waals surface area contributed by atoms with Gasteiger partial charge in [-0.25, -0.2) is 9.97 Å². The minimum absolute atomic E-state index is 0.0746. The normalized spacial score (nSPS) is 22.2. The van der Waals surface area contributed by atoms with Crippen molar-refractivity contribution < 1.29 is 4.79 Å². The van der Waals surface area contributed by atoms with Crippen LogP contribution < -0.4 is 10.2 Å². The summed E-state index contributed by atoms with van der Waals surface area (Å²) in [4.78, 5) is 30.8. The van der Waals surface area contributed by atoms with Gasteiger partial charge in [0.05, 0.1) is 0 Å². The fourth-order valence-electron chi connectivity index (χ4n) is 4.64. The summed E-state index contributed by atoms with van der Waals surface area (Å²) in [6.45, 7) is 8.81. The van der Waals surface area contributed by atoms with Gasteiger partial charge in [-0.1, -0.05) is 0 Å². The number of aromatic nitrogens is 4. The maximum absolute atomic E-state index is 11.2. The number of fused-ring (bicyclic) bond motifs is 1. The van der Waals surface area contributed by atoms with Crippen LogP contribution in [0.15, 0.2) is 24.7 Å². The van der Waals surface area contributed by atoms with Gasteiger partial charge in [-0.2, -0.15) is 4.98 Å². The molecule has 3 aromatic heterocycles. The van der Waals surface area contributed by atoms with E-state index in [-0.39, 0.29) is 5.91 Å². The molecule has 0 radical (unpaired) electrons. The van der Waals surface area contributed by atoms with Gasteiger partial charge in [-0.05, 0) is 26.3 Å². The zero-order chi connectivity index (χ0) is 20.0. The second-order valence-electron chi connectivity index (χ2n) is 8.30. The molecular formula is C20H25N7OS. The zero-order valence-electron chi connectivity index (χ0n) is 16.8. The van der Waals surface area contributed by atoms with E-state index in [1.807, 2.05) is 16.8 Å². The van der Waals surface area contributed by atoms with E-state index < -0.39 is 0 Å². The van der Waals surface area contributed by atoms with E-state index in [1.54, 1.807) is 17.5 Å². The highest BCUT2D eigenvalue weighted by Gasteiger charge is 2.43. The number of thiazole rings is 1. The summed E-state index contributed by atoms with van der Waals surface area (Å²) < 4.78 is 2.02. The highest BCUT2D eigenvalue weighted by atomic mass is 32.1. The number of hydrogen-bond acceptors (Lipinski definition) is 7. The van der Waals surface area contributed by atoms with E-state index in [2.05, 4.69) is 38.1 Å². The lowest BCUT2D eigenvalue weighted by molar-refractivity contribution is -0.114. The smallest absolute Gasteiger partial charge is 0.235 e. The third kappa shape index (κ3) is 3.60. The summed E-state index contributed by atoms with van der Waals surface area (Å²) in [5.41, 5.74) is 1.50. The number of anilines is 2. The molecule has 1 N–H and O–H groups in total. The highest BCUT2D eigenvalue weighted by molar-refractivity contribution is 7.15. The number of carbonyl (C=O) groups is 1. The van der Waals surface area contributed by atoms with E-state index in [0.717, 1.165) is 50.0 Å². The Morgan fingerprint density at radius 1 is 1.28 bits per heavy atom. The Morgan fingerprint density at radius 3 is 3.00 bits per heavy atom. The van der Waals surface area contributed by atoms with E-state index >= 15 is 0 Å². The number of nitrogens with zero attached hydrogens (tertiary/aromatic N) is 6. The van der Waals surface area contributed by atoms with Crippen LogP contribution >= 0.6 is 11.3 Å². The first-order chi connectivity index (χ1) is 14.0. The molecule has 2 saturated heterocycles. The van der Waals surface area contributed by atoms with Crippen LogP contribution in [0, 0.1) is 12.3 Å². The second-order valence-corrected chi connectivity index (χ2v) is 9.41. The second kappa shape index (κ2) is 7.07. The molecular weight excluding hydrogens is 386 g/mol. The van der Waals surface area contributed by atoms with Gasteiger partial charge in [0.15, 0.2) is 5.13 Å². The first kappa shape index (κ1) is 18.5. The van der Waals surface area contributed by atoms with Crippen LogP contribution in [0.5, 0.6) is 0 Å². The lowest BCUT2D eigenvalue weighted by atomic mass is 9.86. The largest absolute Gasteiger partial charge is 0.356 e. The van der Waals surface area contributed by atoms with Crippen LogP contribution in [0.25, 0.3) is 5.78 Å². The molecule has 3 aromatic rings. The van der Waals surface area contributed by atoms with Crippen LogP contribution in [0.2, 0.25) is 0 Å². The van der Waals surface area contributed by atoms with Crippen molar-refractivity contribution in [2.75, 3.05) is 36.4 Å². The molecule has 0 unspecified atom stereocenters. The van der Waals surface area contributed by atoms with Gasteiger partial charge in [-0.3, -0.25) is 14.1 Å². The number of hydrogen-bond donors (Lipinski definition) is 1. The SMILES string of the molecule is CC(=O)Nc1ncc(CN2CC[C@]3(CCN(c4cc(C)n5ccnc5n4)C3)C2)s1. The summed E-state index contributed by atoms with van der Waals surface area (Å²) in [7, 11) is 0. The van der Waals surface area contributed by atoms with Crippen molar-refractivity contribution >= 4 is 34.0 Å². The number of aryl methyl sites for hydroxylation is 1. The number of rotatable bonds is 4. The number of likely N-dealkylation sites (tertiary alicyclic amines) is 1. The van der Waals surface area contributed by atoms with Gasteiger partial charge in [0.25, 0.3) is 0 Å². The van der Waals surface area contributed by atoms with E-state index in [9.17, 15) is 4.79 Å². The van der Waals surface area contributed by atoms with Crippen molar-refractivity contribution in [2.24, 2.45) is 5.41 Å². The third-order valence-electron chi connectivity index (χ3n) is 6.05. The van der Waals surface area contributed by atoms with Crippen LogP contribution in [-0.4, -0.2) is 56.3 Å². The average Bonchev–Trinajstić information content (AvgIpc) is 3.44. The topological polar surface area (TPSA) is 78.7 Å². The maximum atomic E-state index is 11.2. The number of amides is 1. The van der Waals surface area contributed by atoms with Crippen molar-refractivity contribution in [2.45, 2.75) is 33.2 Å². The fraction of sp³-hybridized carbons (Fsp3) is 0.500.